The fraction of sp³-hybridized carbons (Fsp3) is 0.235. The molecule has 128 valence electrons. The molecule has 0 heterocycles. The fourth-order valence-electron chi connectivity index (χ4n) is 2.05. The molecule has 0 aliphatic heterocycles. The Kier molecular flexibility index (Phi) is 5.85. The molecule has 0 saturated heterocycles. The van der Waals surface area contributed by atoms with E-state index in [4.69, 9.17) is 11.6 Å². The topological polar surface area (TPSA) is 61.8 Å². The normalized spacial score (nSPS) is 11.7. The molecule has 2 rings (SSSR count). The molecule has 0 atom stereocenters. The summed E-state index contributed by atoms with van der Waals surface area (Å²) in [5.74, 6) is -0.0918. The maximum atomic E-state index is 12.3. The molecule has 7 heteroatoms. The summed E-state index contributed by atoms with van der Waals surface area (Å²) in [5, 5.41) is 0.385. The minimum absolute atomic E-state index is 0.0918. The van der Waals surface area contributed by atoms with Crippen molar-refractivity contribution in [2.75, 3.05) is 18.8 Å². The molecular weight excluding hydrogens is 346 g/mol. The predicted octanol–water partition coefficient (Wildman–Crippen LogP) is 3.81. The Morgan fingerprint density at radius 1 is 1.21 bits per heavy atom. The van der Waals surface area contributed by atoms with Crippen molar-refractivity contribution >= 4 is 39.3 Å². The van der Waals surface area contributed by atoms with Crippen molar-refractivity contribution in [3.63, 3.8) is 0 Å². The fourth-order valence-corrected chi connectivity index (χ4v) is 3.52. The molecule has 5 nitrogen and oxygen atoms in total. The molecule has 0 aliphatic rings. The zero-order valence-corrected chi connectivity index (χ0v) is 15.4. The van der Waals surface area contributed by atoms with Gasteiger partial charge in [0.05, 0.1) is 28.5 Å². The van der Waals surface area contributed by atoms with Gasteiger partial charge in [0, 0.05) is 14.1 Å². The van der Waals surface area contributed by atoms with Crippen LogP contribution in [-0.2, 0) is 15.8 Å². The summed E-state index contributed by atoms with van der Waals surface area (Å²) in [6, 6.07) is 12.4. The molecule has 0 bridgehead atoms. The standard InChI is InChI=1S/C17H20ClN3O2S/c1-13-9-17(19-12-21(2)3)15(18)10-16(13)20-24(22,23)11-14-7-5-4-6-8-14/h4-10,12,20H,11H2,1-3H3. The lowest BCUT2D eigenvalue weighted by molar-refractivity contribution is 0.600. The van der Waals surface area contributed by atoms with Crippen molar-refractivity contribution in [1.82, 2.24) is 4.90 Å². The van der Waals surface area contributed by atoms with Gasteiger partial charge in [-0.2, -0.15) is 0 Å². The van der Waals surface area contributed by atoms with Gasteiger partial charge in [-0.05, 0) is 30.2 Å². The molecule has 0 unspecified atom stereocenters. The summed E-state index contributed by atoms with van der Waals surface area (Å²) in [6.45, 7) is 1.81. The first-order chi connectivity index (χ1) is 11.3. The molecule has 0 aliphatic carbocycles. The van der Waals surface area contributed by atoms with Crippen LogP contribution in [0.15, 0.2) is 47.5 Å². The van der Waals surface area contributed by atoms with Crippen LogP contribution in [0.3, 0.4) is 0 Å². The number of benzene rings is 2. The van der Waals surface area contributed by atoms with Crippen LogP contribution < -0.4 is 4.72 Å². The number of hydrogen-bond acceptors (Lipinski definition) is 3. The number of aryl methyl sites for hydroxylation is 1. The highest BCUT2D eigenvalue weighted by atomic mass is 35.5. The highest BCUT2D eigenvalue weighted by Crippen LogP contribution is 2.31. The van der Waals surface area contributed by atoms with Gasteiger partial charge in [0.15, 0.2) is 0 Å². The summed E-state index contributed by atoms with van der Waals surface area (Å²) < 4.78 is 27.3. The molecule has 0 aromatic heterocycles. The third-order valence-electron chi connectivity index (χ3n) is 3.19. The van der Waals surface area contributed by atoms with E-state index >= 15 is 0 Å². The Morgan fingerprint density at radius 2 is 1.88 bits per heavy atom. The van der Waals surface area contributed by atoms with E-state index in [1.807, 2.05) is 39.2 Å². The first-order valence-corrected chi connectivity index (χ1v) is 9.35. The molecule has 0 fully saturated rings. The predicted molar refractivity (Wildman–Crippen MR) is 101 cm³/mol. The summed E-state index contributed by atoms with van der Waals surface area (Å²) in [4.78, 5) is 6.06. The second-order valence-corrected chi connectivity index (χ2v) is 7.80. The van der Waals surface area contributed by atoms with E-state index < -0.39 is 10.0 Å². The quantitative estimate of drug-likeness (QED) is 0.625. The Labute approximate surface area is 148 Å². The van der Waals surface area contributed by atoms with Gasteiger partial charge < -0.3 is 4.90 Å². The van der Waals surface area contributed by atoms with Crippen molar-refractivity contribution in [3.8, 4) is 0 Å². The van der Waals surface area contributed by atoms with Crippen LogP contribution in [0, 0.1) is 6.92 Å². The maximum absolute atomic E-state index is 12.3. The summed E-state index contributed by atoms with van der Waals surface area (Å²) in [5.41, 5.74) is 2.52. The van der Waals surface area contributed by atoms with Crippen LogP contribution >= 0.6 is 11.6 Å². The molecule has 0 amide bonds. The lowest BCUT2D eigenvalue weighted by Gasteiger charge is -2.12. The smallest absolute Gasteiger partial charge is 0.236 e. The van der Waals surface area contributed by atoms with E-state index in [1.54, 1.807) is 35.5 Å². The van der Waals surface area contributed by atoms with Gasteiger partial charge in [-0.3, -0.25) is 4.72 Å². The number of nitrogens with one attached hydrogen (secondary N) is 1. The van der Waals surface area contributed by atoms with Crippen molar-refractivity contribution in [1.29, 1.82) is 0 Å². The van der Waals surface area contributed by atoms with Gasteiger partial charge >= 0.3 is 0 Å². The van der Waals surface area contributed by atoms with Crippen LogP contribution in [0.25, 0.3) is 0 Å². The van der Waals surface area contributed by atoms with E-state index in [0.29, 0.717) is 16.4 Å². The van der Waals surface area contributed by atoms with E-state index in [9.17, 15) is 8.42 Å². The van der Waals surface area contributed by atoms with Gasteiger partial charge in [-0.1, -0.05) is 41.9 Å². The second kappa shape index (κ2) is 7.68. The molecular formula is C17H20ClN3O2S. The first-order valence-electron chi connectivity index (χ1n) is 7.32. The first kappa shape index (κ1) is 18.3. The van der Waals surface area contributed by atoms with Crippen LogP contribution in [0.2, 0.25) is 5.02 Å². The summed E-state index contributed by atoms with van der Waals surface area (Å²) in [6.07, 6.45) is 1.64. The largest absolute Gasteiger partial charge is 0.369 e. The minimum Gasteiger partial charge on any atom is -0.369 e. The van der Waals surface area contributed by atoms with Crippen molar-refractivity contribution in [2.24, 2.45) is 4.99 Å². The van der Waals surface area contributed by atoms with Crippen molar-refractivity contribution < 1.29 is 8.42 Å². The van der Waals surface area contributed by atoms with Crippen molar-refractivity contribution in [3.05, 3.63) is 58.6 Å². The van der Waals surface area contributed by atoms with Gasteiger partial charge in [0.1, 0.15) is 0 Å². The third-order valence-corrected chi connectivity index (χ3v) is 4.73. The van der Waals surface area contributed by atoms with Gasteiger partial charge in [-0.15, -0.1) is 0 Å². The van der Waals surface area contributed by atoms with Gasteiger partial charge in [0.2, 0.25) is 10.0 Å². The van der Waals surface area contributed by atoms with Gasteiger partial charge in [0.25, 0.3) is 0 Å². The zero-order valence-electron chi connectivity index (χ0n) is 13.8. The van der Waals surface area contributed by atoms with Crippen LogP contribution in [0.4, 0.5) is 11.4 Å². The van der Waals surface area contributed by atoms with Crippen LogP contribution in [0.5, 0.6) is 0 Å². The van der Waals surface area contributed by atoms with Crippen LogP contribution in [0.1, 0.15) is 11.1 Å². The molecule has 24 heavy (non-hydrogen) atoms. The average Bonchev–Trinajstić information content (AvgIpc) is 2.49. The highest BCUT2D eigenvalue weighted by Gasteiger charge is 2.14. The Morgan fingerprint density at radius 3 is 2.50 bits per heavy atom. The van der Waals surface area contributed by atoms with Gasteiger partial charge in [-0.25, -0.2) is 13.4 Å². The van der Waals surface area contributed by atoms with Crippen LogP contribution in [-0.4, -0.2) is 33.8 Å². The Hall–Kier alpha value is -2.05. The average molecular weight is 366 g/mol. The number of hydrogen-bond donors (Lipinski definition) is 1. The molecule has 0 saturated carbocycles. The molecule has 1 N–H and O–H groups in total. The summed E-state index contributed by atoms with van der Waals surface area (Å²) in [7, 11) is 0.194. The summed E-state index contributed by atoms with van der Waals surface area (Å²) >= 11 is 6.21. The lowest BCUT2D eigenvalue weighted by atomic mass is 10.2. The van der Waals surface area contributed by atoms with E-state index in [0.717, 1.165) is 11.1 Å². The zero-order chi connectivity index (χ0) is 17.7. The molecule has 2 aromatic rings. The van der Waals surface area contributed by atoms with Crippen molar-refractivity contribution in [2.45, 2.75) is 12.7 Å². The number of rotatable bonds is 6. The number of nitrogens with zero attached hydrogens (tertiary/aromatic N) is 2. The molecule has 2 aromatic carbocycles. The molecule has 0 radical (unpaired) electrons. The number of aliphatic imine (C=N–C) groups is 1. The number of sulfonamides is 1. The lowest BCUT2D eigenvalue weighted by Crippen LogP contribution is -2.15. The minimum atomic E-state index is -3.52. The maximum Gasteiger partial charge on any atom is 0.236 e. The van der Waals surface area contributed by atoms with E-state index in [-0.39, 0.29) is 5.75 Å². The third kappa shape index (κ3) is 5.25. The molecule has 0 spiro atoms. The Balaban J connectivity index is 2.22. The SMILES string of the molecule is Cc1cc(N=CN(C)C)c(Cl)cc1NS(=O)(=O)Cc1ccccc1. The highest BCUT2D eigenvalue weighted by molar-refractivity contribution is 7.91. The Bertz CT molecular complexity index is 834. The monoisotopic (exact) mass is 365 g/mol. The number of anilines is 1. The number of halogens is 1. The second-order valence-electron chi connectivity index (χ2n) is 5.67. The van der Waals surface area contributed by atoms with E-state index in [1.165, 1.54) is 0 Å². The van der Waals surface area contributed by atoms with E-state index in [2.05, 4.69) is 9.71 Å².